The summed E-state index contributed by atoms with van der Waals surface area (Å²) in [5.74, 6) is -0.680. The fourth-order valence-corrected chi connectivity index (χ4v) is 2.13. The first-order chi connectivity index (χ1) is 9.97. The van der Waals surface area contributed by atoms with Crippen molar-refractivity contribution < 1.29 is 14.3 Å². The van der Waals surface area contributed by atoms with Crippen LogP contribution in [-0.2, 0) is 9.53 Å². The largest absolute Gasteiger partial charge is 0.452 e. The smallest absolute Gasteiger partial charge is 0.338 e. The first-order valence-corrected chi connectivity index (χ1v) is 6.97. The van der Waals surface area contributed by atoms with Gasteiger partial charge in [0.05, 0.1) is 5.56 Å². The molecule has 0 saturated carbocycles. The molecule has 0 atom stereocenters. The molecule has 0 unspecified atom stereocenters. The molecule has 0 radical (unpaired) electrons. The topological polar surface area (TPSA) is 75.9 Å². The summed E-state index contributed by atoms with van der Waals surface area (Å²) in [6.07, 6.45) is 0. The Labute approximate surface area is 124 Å². The van der Waals surface area contributed by atoms with Crippen molar-refractivity contribution >= 4 is 17.6 Å². The van der Waals surface area contributed by atoms with Gasteiger partial charge in [0.1, 0.15) is 0 Å². The van der Waals surface area contributed by atoms with Crippen LogP contribution in [0.15, 0.2) is 18.2 Å². The number of hydrogen-bond acceptors (Lipinski definition) is 5. The van der Waals surface area contributed by atoms with E-state index in [0.29, 0.717) is 24.3 Å². The molecule has 0 aliphatic carbocycles. The average Bonchev–Trinajstić information content (AvgIpc) is 2.48. The minimum Gasteiger partial charge on any atom is -0.452 e. The predicted molar refractivity (Wildman–Crippen MR) is 80.0 cm³/mol. The number of likely N-dealkylation sites (N-methyl/N-ethyl adjacent to an activating group) is 1. The number of nitrogens with two attached hydrogens (primary N) is 1. The van der Waals surface area contributed by atoms with E-state index in [0.717, 1.165) is 18.7 Å². The molecule has 1 saturated heterocycles. The zero-order valence-electron chi connectivity index (χ0n) is 12.5. The number of carbonyl (C=O) groups excluding carboxylic acids is 2. The molecule has 21 heavy (non-hydrogen) atoms. The SMILES string of the molecule is Cc1ccc(C(=O)OCC(=O)N2CCN(C)CC2)cc1N. The lowest BCUT2D eigenvalue weighted by Crippen LogP contribution is -2.48. The van der Waals surface area contributed by atoms with Gasteiger partial charge in [0.15, 0.2) is 6.61 Å². The maximum Gasteiger partial charge on any atom is 0.338 e. The van der Waals surface area contributed by atoms with E-state index in [-0.39, 0.29) is 12.5 Å². The first-order valence-electron chi connectivity index (χ1n) is 6.97. The van der Waals surface area contributed by atoms with E-state index < -0.39 is 5.97 Å². The lowest BCUT2D eigenvalue weighted by Gasteiger charge is -2.32. The second-order valence-corrected chi connectivity index (χ2v) is 5.33. The van der Waals surface area contributed by atoms with Crippen LogP contribution in [0, 0.1) is 6.92 Å². The van der Waals surface area contributed by atoms with Gasteiger partial charge in [0.25, 0.3) is 5.91 Å². The fourth-order valence-electron chi connectivity index (χ4n) is 2.13. The molecule has 6 heteroatoms. The number of aryl methyl sites for hydroxylation is 1. The van der Waals surface area contributed by atoms with Crippen LogP contribution in [0.25, 0.3) is 0 Å². The number of amides is 1. The summed E-state index contributed by atoms with van der Waals surface area (Å²) in [5.41, 5.74) is 7.56. The molecule has 1 amide bonds. The summed E-state index contributed by atoms with van der Waals surface area (Å²) in [7, 11) is 2.02. The monoisotopic (exact) mass is 291 g/mol. The number of nitrogens with zero attached hydrogens (tertiary/aromatic N) is 2. The number of carbonyl (C=O) groups is 2. The van der Waals surface area contributed by atoms with Crippen LogP contribution in [0.4, 0.5) is 5.69 Å². The molecule has 1 fully saturated rings. The molecule has 114 valence electrons. The Morgan fingerprint density at radius 2 is 1.90 bits per heavy atom. The molecular formula is C15H21N3O3. The van der Waals surface area contributed by atoms with Crippen molar-refractivity contribution in [2.75, 3.05) is 45.6 Å². The Kier molecular flexibility index (Phi) is 4.80. The third kappa shape index (κ3) is 3.95. The first kappa shape index (κ1) is 15.3. The van der Waals surface area contributed by atoms with E-state index >= 15 is 0 Å². The lowest BCUT2D eigenvalue weighted by molar-refractivity contribution is -0.136. The third-order valence-corrected chi connectivity index (χ3v) is 3.70. The Morgan fingerprint density at radius 1 is 1.24 bits per heavy atom. The molecule has 0 bridgehead atoms. The van der Waals surface area contributed by atoms with Crippen LogP contribution in [0.5, 0.6) is 0 Å². The maximum absolute atomic E-state index is 12.0. The molecule has 1 aromatic rings. The summed E-state index contributed by atoms with van der Waals surface area (Å²) in [4.78, 5) is 27.7. The van der Waals surface area contributed by atoms with Gasteiger partial charge in [0.2, 0.25) is 0 Å². The molecule has 1 aliphatic rings. The third-order valence-electron chi connectivity index (χ3n) is 3.70. The van der Waals surface area contributed by atoms with E-state index in [1.165, 1.54) is 0 Å². The molecule has 6 nitrogen and oxygen atoms in total. The maximum atomic E-state index is 12.0. The van der Waals surface area contributed by atoms with Gasteiger partial charge < -0.3 is 20.3 Å². The summed E-state index contributed by atoms with van der Waals surface area (Å²) >= 11 is 0. The molecule has 2 rings (SSSR count). The number of benzene rings is 1. The Morgan fingerprint density at radius 3 is 2.52 bits per heavy atom. The Bertz CT molecular complexity index is 537. The number of nitrogen functional groups attached to an aromatic ring is 1. The van der Waals surface area contributed by atoms with Crippen molar-refractivity contribution in [3.63, 3.8) is 0 Å². The van der Waals surface area contributed by atoms with Gasteiger partial charge in [-0.25, -0.2) is 4.79 Å². The minimum absolute atomic E-state index is 0.156. The summed E-state index contributed by atoms with van der Waals surface area (Å²) in [6, 6.07) is 4.97. The van der Waals surface area contributed by atoms with Crippen LogP contribution in [-0.4, -0.2) is 61.5 Å². The molecule has 1 aliphatic heterocycles. The highest BCUT2D eigenvalue weighted by atomic mass is 16.5. The van der Waals surface area contributed by atoms with Crippen LogP contribution in [0.2, 0.25) is 0 Å². The van der Waals surface area contributed by atoms with Crippen molar-refractivity contribution in [3.8, 4) is 0 Å². The number of piperazine rings is 1. The van der Waals surface area contributed by atoms with Crippen molar-refractivity contribution in [2.24, 2.45) is 0 Å². The summed E-state index contributed by atoms with van der Waals surface area (Å²) in [6.45, 7) is 4.66. The molecule has 1 heterocycles. The quantitative estimate of drug-likeness (QED) is 0.648. The highest BCUT2D eigenvalue weighted by Gasteiger charge is 2.20. The van der Waals surface area contributed by atoms with Crippen molar-refractivity contribution in [1.82, 2.24) is 9.80 Å². The lowest BCUT2D eigenvalue weighted by atomic mass is 10.1. The van der Waals surface area contributed by atoms with Gasteiger partial charge in [-0.3, -0.25) is 4.79 Å². The number of hydrogen-bond donors (Lipinski definition) is 1. The van der Waals surface area contributed by atoms with Crippen LogP contribution in [0.1, 0.15) is 15.9 Å². The Hall–Kier alpha value is -2.08. The zero-order chi connectivity index (χ0) is 15.4. The van der Waals surface area contributed by atoms with Gasteiger partial charge in [0, 0.05) is 31.9 Å². The highest BCUT2D eigenvalue weighted by Crippen LogP contribution is 2.13. The molecule has 2 N–H and O–H groups in total. The summed E-state index contributed by atoms with van der Waals surface area (Å²) in [5, 5.41) is 0. The molecule has 0 aromatic heterocycles. The average molecular weight is 291 g/mol. The van der Waals surface area contributed by atoms with Gasteiger partial charge in [-0.2, -0.15) is 0 Å². The normalized spacial score (nSPS) is 15.8. The van der Waals surface area contributed by atoms with E-state index in [9.17, 15) is 9.59 Å². The highest BCUT2D eigenvalue weighted by molar-refractivity contribution is 5.92. The molecule has 1 aromatic carbocycles. The number of anilines is 1. The van der Waals surface area contributed by atoms with E-state index in [1.54, 1.807) is 23.1 Å². The van der Waals surface area contributed by atoms with Crippen LogP contribution >= 0.6 is 0 Å². The van der Waals surface area contributed by atoms with E-state index in [4.69, 9.17) is 10.5 Å². The standard InChI is InChI=1S/C15H21N3O3/c1-11-3-4-12(9-13(11)16)15(20)21-10-14(19)18-7-5-17(2)6-8-18/h3-4,9H,5-8,10,16H2,1-2H3. The van der Waals surface area contributed by atoms with Crippen molar-refractivity contribution in [3.05, 3.63) is 29.3 Å². The van der Waals surface area contributed by atoms with Crippen LogP contribution < -0.4 is 5.73 Å². The number of rotatable bonds is 3. The van der Waals surface area contributed by atoms with Crippen molar-refractivity contribution in [2.45, 2.75) is 6.92 Å². The minimum atomic E-state index is -0.524. The number of ether oxygens (including phenoxy) is 1. The second kappa shape index (κ2) is 6.58. The van der Waals surface area contributed by atoms with Gasteiger partial charge in [-0.15, -0.1) is 0 Å². The molecule has 0 spiro atoms. The van der Waals surface area contributed by atoms with E-state index in [2.05, 4.69) is 4.90 Å². The second-order valence-electron chi connectivity index (χ2n) is 5.33. The fraction of sp³-hybridized carbons (Fsp3) is 0.467. The predicted octanol–water partition coefficient (Wildman–Crippen LogP) is 0.508. The molecular weight excluding hydrogens is 270 g/mol. The van der Waals surface area contributed by atoms with Crippen molar-refractivity contribution in [1.29, 1.82) is 0 Å². The summed E-state index contributed by atoms with van der Waals surface area (Å²) < 4.78 is 5.07. The van der Waals surface area contributed by atoms with Crippen LogP contribution in [0.3, 0.4) is 0 Å². The van der Waals surface area contributed by atoms with E-state index in [1.807, 2.05) is 14.0 Å². The number of esters is 1. The van der Waals surface area contributed by atoms with Gasteiger partial charge in [-0.1, -0.05) is 6.07 Å². The van der Waals surface area contributed by atoms with Gasteiger partial charge in [-0.05, 0) is 31.7 Å². The zero-order valence-corrected chi connectivity index (χ0v) is 12.5. The Balaban J connectivity index is 1.86. The van der Waals surface area contributed by atoms with Gasteiger partial charge >= 0.3 is 5.97 Å².